The van der Waals surface area contributed by atoms with Crippen molar-refractivity contribution in [1.82, 2.24) is 9.55 Å². The number of aromatic nitrogens is 2. The second-order valence-electron chi connectivity index (χ2n) is 3.81. The number of rotatable bonds is 5. The van der Waals surface area contributed by atoms with E-state index in [9.17, 15) is 5.11 Å². The molecule has 3 heteroatoms. The molecular weight excluding hydrogens is 200 g/mol. The molecule has 2 aromatic heterocycles. The van der Waals surface area contributed by atoms with Crippen molar-refractivity contribution in [3.8, 4) is 0 Å². The lowest BCUT2D eigenvalue weighted by Crippen LogP contribution is -1.96. The van der Waals surface area contributed by atoms with E-state index in [1.54, 1.807) is 6.20 Å². The second kappa shape index (κ2) is 4.94. The molecule has 0 saturated carbocycles. The molecule has 0 aliphatic rings. The molecule has 0 bridgehead atoms. The van der Waals surface area contributed by atoms with Crippen LogP contribution in [0.5, 0.6) is 0 Å². The molecule has 0 spiro atoms. The fourth-order valence-corrected chi connectivity index (χ4v) is 1.90. The van der Waals surface area contributed by atoms with Crippen molar-refractivity contribution in [2.75, 3.05) is 0 Å². The van der Waals surface area contributed by atoms with Crippen molar-refractivity contribution in [2.45, 2.75) is 26.0 Å². The third-order valence-corrected chi connectivity index (χ3v) is 2.69. The molecule has 0 aliphatic heterocycles. The Morgan fingerprint density at radius 1 is 1.50 bits per heavy atom. The predicted molar refractivity (Wildman–Crippen MR) is 65.1 cm³/mol. The lowest BCUT2D eigenvalue weighted by molar-refractivity contribution is 0.283. The number of hydrogen-bond donors (Lipinski definition) is 1. The molecule has 3 nitrogen and oxygen atoms in total. The quantitative estimate of drug-likeness (QED) is 0.616. The zero-order chi connectivity index (χ0) is 11.4. The number of aryl methyl sites for hydroxylation is 1. The van der Waals surface area contributed by atoms with Crippen LogP contribution in [0.1, 0.15) is 18.4 Å². The van der Waals surface area contributed by atoms with Gasteiger partial charge in [0, 0.05) is 29.9 Å². The molecule has 1 N–H and O–H groups in total. The number of nitrogens with zero attached hydrogens (tertiary/aromatic N) is 2. The van der Waals surface area contributed by atoms with Gasteiger partial charge >= 0.3 is 0 Å². The van der Waals surface area contributed by atoms with E-state index in [4.69, 9.17) is 0 Å². The zero-order valence-electron chi connectivity index (χ0n) is 9.26. The summed E-state index contributed by atoms with van der Waals surface area (Å²) in [5, 5.41) is 10.3. The molecular formula is C13H16N2O. The monoisotopic (exact) mass is 216 g/mol. The lowest BCUT2D eigenvalue weighted by atomic mass is 10.2. The summed E-state index contributed by atoms with van der Waals surface area (Å²) in [7, 11) is 0. The highest BCUT2D eigenvalue weighted by molar-refractivity contribution is 5.80. The summed E-state index contributed by atoms with van der Waals surface area (Å²) in [6.07, 6.45) is 7.75. The van der Waals surface area contributed by atoms with E-state index >= 15 is 0 Å². The van der Waals surface area contributed by atoms with Crippen LogP contribution in [-0.2, 0) is 13.2 Å². The Morgan fingerprint density at radius 2 is 2.38 bits per heavy atom. The van der Waals surface area contributed by atoms with E-state index in [-0.39, 0.29) is 6.61 Å². The van der Waals surface area contributed by atoms with E-state index in [0.29, 0.717) is 0 Å². The highest BCUT2D eigenvalue weighted by Crippen LogP contribution is 2.19. The van der Waals surface area contributed by atoms with Crippen LogP contribution in [0.2, 0.25) is 0 Å². The van der Waals surface area contributed by atoms with Gasteiger partial charge in [-0.15, -0.1) is 6.58 Å². The van der Waals surface area contributed by atoms with Gasteiger partial charge in [0.15, 0.2) is 0 Å². The average molecular weight is 216 g/mol. The van der Waals surface area contributed by atoms with Gasteiger partial charge in [-0.1, -0.05) is 6.08 Å². The third kappa shape index (κ3) is 1.99. The van der Waals surface area contributed by atoms with Crippen molar-refractivity contribution in [3.63, 3.8) is 0 Å². The molecule has 0 saturated heterocycles. The number of aliphatic hydroxyl groups is 1. The molecule has 84 valence electrons. The van der Waals surface area contributed by atoms with Crippen LogP contribution in [0.4, 0.5) is 0 Å². The summed E-state index contributed by atoms with van der Waals surface area (Å²) in [5.74, 6) is 0. The molecule has 0 amide bonds. The number of fused-ring (bicyclic) bond motifs is 1. The summed E-state index contributed by atoms with van der Waals surface area (Å²) in [4.78, 5) is 4.35. The van der Waals surface area contributed by atoms with E-state index in [2.05, 4.69) is 16.1 Å². The van der Waals surface area contributed by atoms with Gasteiger partial charge in [0.2, 0.25) is 0 Å². The Hall–Kier alpha value is -1.61. The smallest absolute Gasteiger partial charge is 0.140 e. The fraction of sp³-hybridized carbons (Fsp3) is 0.308. The molecule has 0 radical (unpaired) electrons. The fourth-order valence-electron chi connectivity index (χ4n) is 1.90. The molecule has 0 aliphatic carbocycles. The Kier molecular flexibility index (Phi) is 3.37. The van der Waals surface area contributed by atoms with Crippen LogP contribution in [0.3, 0.4) is 0 Å². The van der Waals surface area contributed by atoms with Crippen molar-refractivity contribution in [1.29, 1.82) is 0 Å². The van der Waals surface area contributed by atoms with Gasteiger partial charge < -0.3 is 9.67 Å². The largest absolute Gasteiger partial charge is 0.392 e. The maximum atomic E-state index is 9.26. The first kappa shape index (κ1) is 10.9. The first-order chi connectivity index (χ1) is 7.86. The minimum absolute atomic E-state index is 0.0661. The maximum absolute atomic E-state index is 9.26. The summed E-state index contributed by atoms with van der Waals surface area (Å²) in [6, 6.07) is 3.90. The third-order valence-electron chi connectivity index (χ3n) is 2.69. The van der Waals surface area contributed by atoms with Gasteiger partial charge in [-0.3, -0.25) is 0 Å². The van der Waals surface area contributed by atoms with Gasteiger partial charge in [-0.2, -0.15) is 0 Å². The molecule has 0 aromatic carbocycles. The number of aliphatic hydroxyl groups excluding tert-OH is 1. The Labute approximate surface area is 95.0 Å². The summed E-state index contributed by atoms with van der Waals surface area (Å²) in [5.41, 5.74) is 1.90. The highest BCUT2D eigenvalue weighted by Gasteiger charge is 2.07. The van der Waals surface area contributed by atoms with Crippen LogP contribution in [0, 0.1) is 0 Å². The van der Waals surface area contributed by atoms with E-state index < -0.39 is 0 Å². The van der Waals surface area contributed by atoms with Crippen molar-refractivity contribution in [3.05, 3.63) is 42.7 Å². The van der Waals surface area contributed by atoms with Gasteiger partial charge in [-0.25, -0.2) is 4.98 Å². The topological polar surface area (TPSA) is 38.0 Å². The molecule has 0 fully saturated rings. The SMILES string of the molecule is C=CCCCn1cc(CO)c2cccnc21. The molecule has 0 unspecified atom stereocenters. The maximum Gasteiger partial charge on any atom is 0.140 e. The molecule has 16 heavy (non-hydrogen) atoms. The summed E-state index contributed by atoms with van der Waals surface area (Å²) < 4.78 is 2.10. The minimum atomic E-state index is 0.0661. The van der Waals surface area contributed by atoms with E-state index in [1.165, 1.54) is 0 Å². The predicted octanol–water partition coefficient (Wildman–Crippen LogP) is 2.49. The lowest BCUT2D eigenvalue weighted by Gasteiger charge is -2.02. The van der Waals surface area contributed by atoms with Crippen LogP contribution in [-0.4, -0.2) is 14.7 Å². The van der Waals surface area contributed by atoms with Gasteiger partial charge in [0.05, 0.1) is 6.61 Å². The zero-order valence-corrected chi connectivity index (χ0v) is 9.26. The van der Waals surface area contributed by atoms with E-state index in [0.717, 1.165) is 36.0 Å². The first-order valence-corrected chi connectivity index (χ1v) is 5.51. The van der Waals surface area contributed by atoms with Crippen molar-refractivity contribution >= 4 is 11.0 Å². The number of hydrogen-bond acceptors (Lipinski definition) is 2. The van der Waals surface area contributed by atoms with E-state index in [1.807, 2.05) is 24.4 Å². The molecule has 0 atom stereocenters. The normalized spacial score (nSPS) is 10.8. The standard InChI is InChI=1S/C13H16N2O/c1-2-3-4-8-15-9-11(10-16)12-6-5-7-14-13(12)15/h2,5-7,9,16H,1,3-4,8,10H2. The molecule has 2 aromatic rings. The van der Waals surface area contributed by atoms with Crippen molar-refractivity contribution < 1.29 is 5.11 Å². The van der Waals surface area contributed by atoms with Crippen LogP contribution >= 0.6 is 0 Å². The van der Waals surface area contributed by atoms with Crippen LogP contribution in [0.15, 0.2) is 37.2 Å². The highest BCUT2D eigenvalue weighted by atomic mass is 16.3. The van der Waals surface area contributed by atoms with Gasteiger partial charge in [0.25, 0.3) is 0 Å². The number of allylic oxidation sites excluding steroid dienone is 1. The minimum Gasteiger partial charge on any atom is -0.392 e. The van der Waals surface area contributed by atoms with Gasteiger partial charge in [-0.05, 0) is 25.0 Å². The summed E-state index contributed by atoms with van der Waals surface area (Å²) >= 11 is 0. The summed E-state index contributed by atoms with van der Waals surface area (Å²) in [6.45, 7) is 4.69. The second-order valence-corrected chi connectivity index (χ2v) is 3.81. The Morgan fingerprint density at radius 3 is 3.12 bits per heavy atom. The molecule has 2 rings (SSSR count). The van der Waals surface area contributed by atoms with Crippen molar-refractivity contribution in [2.24, 2.45) is 0 Å². The molecule has 2 heterocycles. The average Bonchev–Trinajstić information content (AvgIpc) is 2.68. The van der Waals surface area contributed by atoms with Crippen LogP contribution < -0.4 is 0 Å². The number of unbranched alkanes of at least 4 members (excludes halogenated alkanes) is 1. The first-order valence-electron chi connectivity index (χ1n) is 5.51. The Bertz CT molecular complexity index is 488. The van der Waals surface area contributed by atoms with Crippen LogP contribution in [0.25, 0.3) is 11.0 Å². The number of pyridine rings is 1. The van der Waals surface area contributed by atoms with Gasteiger partial charge in [0.1, 0.15) is 5.65 Å². The Balaban J connectivity index is 2.33.